The number of aliphatic carboxylic acids is 1. The summed E-state index contributed by atoms with van der Waals surface area (Å²) < 4.78 is 46.4. The quantitative estimate of drug-likeness (QED) is 0.305. The third-order valence-electron chi connectivity index (χ3n) is 8.13. The van der Waals surface area contributed by atoms with Gasteiger partial charge in [0.2, 0.25) is 0 Å². The van der Waals surface area contributed by atoms with E-state index in [0.29, 0.717) is 12.1 Å². The fourth-order valence-electron chi connectivity index (χ4n) is 6.10. The maximum atomic E-state index is 14.4. The summed E-state index contributed by atoms with van der Waals surface area (Å²) in [6, 6.07) is 0. The van der Waals surface area contributed by atoms with Gasteiger partial charge in [0.25, 0.3) is 0 Å². The average Bonchev–Trinajstić information content (AvgIpc) is 2.84. The number of hydrogen-bond donors (Lipinski definition) is 1. The summed E-state index contributed by atoms with van der Waals surface area (Å²) in [4.78, 5) is 10.2. The molecule has 36 heavy (non-hydrogen) atoms. The summed E-state index contributed by atoms with van der Waals surface area (Å²) in [7, 11) is 0. The van der Waals surface area contributed by atoms with Gasteiger partial charge in [-0.3, -0.25) is 0 Å². The monoisotopic (exact) mass is 728 g/mol. The van der Waals surface area contributed by atoms with Crippen LogP contribution in [0.3, 0.4) is 0 Å². The molecular formula is C27H45F3NO3Sn2. The molecule has 205 valence electrons. The van der Waals surface area contributed by atoms with E-state index in [1.165, 1.54) is 0 Å². The van der Waals surface area contributed by atoms with Crippen LogP contribution in [0.4, 0.5) is 13.2 Å². The van der Waals surface area contributed by atoms with Gasteiger partial charge in [-0.2, -0.15) is 6.20 Å². The van der Waals surface area contributed by atoms with Gasteiger partial charge in [-0.1, -0.05) is 18.7 Å². The Kier molecular flexibility index (Phi) is 17.4. The minimum absolute atomic E-state index is 0. The summed E-state index contributed by atoms with van der Waals surface area (Å²) in [5, 5.41) is 12.1. The number of carbonyl (C=O) groups is 1. The first kappa shape index (κ1) is 34.1. The first-order chi connectivity index (χ1) is 16.4. The average molecular weight is 726 g/mol. The van der Waals surface area contributed by atoms with Crippen LogP contribution in [0, 0.1) is 17.8 Å². The Morgan fingerprint density at radius 3 is 1.47 bits per heavy atom. The Hall–Kier alpha value is 0.0974. The van der Waals surface area contributed by atoms with Crippen LogP contribution >= 0.6 is 0 Å². The molecule has 1 aliphatic heterocycles. The van der Waals surface area contributed by atoms with Crippen molar-refractivity contribution in [1.29, 1.82) is 0 Å². The van der Waals surface area contributed by atoms with Gasteiger partial charge in [-0.15, -0.1) is 0 Å². The predicted molar refractivity (Wildman–Crippen MR) is 145 cm³/mol. The summed E-state index contributed by atoms with van der Waals surface area (Å²) in [6.07, 6.45) is 14.7. The topological polar surface area (TPSA) is 82.9 Å². The van der Waals surface area contributed by atoms with Crippen LogP contribution in [0.5, 0.6) is 0 Å². The van der Waals surface area contributed by atoms with Crippen molar-refractivity contribution in [3.05, 3.63) is 29.2 Å². The zero-order chi connectivity index (χ0) is 24.3. The van der Waals surface area contributed by atoms with Crippen molar-refractivity contribution in [2.75, 3.05) is 6.54 Å². The van der Waals surface area contributed by atoms with Crippen LogP contribution in [0.25, 0.3) is 5.32 Å². The molecule has 3 aliphatic carbocycles. The van der Waals surface area contributed by atoms with Gasteiger partial charge >= 0.3 is 189 Å². The maximum absolute atomic E-state index is 14.4. The third kappa shape index (κ3) is 11.5. The zero-order valence-electron chi connectivity index (χ0n) is 21.5. The van der Waals surface area contributed by atoms with E-state index in [0.717, 1.165) is 90.4 Å². The number of alkyl halides is 3. The molecule has 9 heteroatoms. The van der Waals surface area contributed by atoms with Gasteiger partial charge in [-0.25, -0.2) is 4.79 Å². The molecule has 6 unspecified atom stereocenters. The molecule has 6 atom stereocenters. The Morgan fingerprint density at radius 2 is 1.19 bits per heavy atom. The number of carboxylic acids is 1. The fraction of sp³-hybridized carbons (Fsp3) is 0.815. The van der Waals surface area contributed by atoms with E-state index in [1.807, 2.05) is 0 Å². The number of hydrogen-bond acceptors (Lipinski definition) is 1. The van der Waals surface area contributed by atoms with Crippen molar-refractivity contribution < 1.29 is 28.5 Å². The van der Waals surface area contributed by atoms with E-state index in [1.54, 1.807) is 18.4 Å². The number of rotatable bonds is 7. The number of halogens is 3. The SMILES string of the molecule is FC1CCCCC1[CH2][Sn+]([CH2]C1CCCCC1F)[CH2]C1CCCCC1F.O.O=C(O)C1=CC=C[N-]C1.[SnH]. The summed E-state index contributed by atoms with van der Waals surface area (Å²) in [5.41, 5.74) is 0.345. The molecular weight excluding hydrogens is 681 g/mol. The van der Waals surface area contributed by atoms with Gasteiger partial charge in [0, 0.05) is 5.57 Å². The molecule has 1 heterocycles. The zero-order valence-corrected chi connectivity index (χ0v) is 27.7. The van der Waals surface area contributed by atoms with E-state index in [-0.39, 0.29) is 47.1 Å². The third-order valence-corrected chi connectivity index (χ3v) is 17.6. The molecule has 0 saturated heterocycles. The first-order valence-corrected chi connectivity index (χ1v) is 19.5. The standard InChI is InChI=1S/3C7H12F.C6H6NO2.H2O.2Sn.H/c3*1-6-4-2-3-5-7(6)8;8-6(9)5-2-1-3-7-4-5;;;;/h3*6-7H,1-5H2;1-3H,4H2,(H,8,9);1H2;;;/q;;;-1;;;+1;. The molecule has 4 aliphatic rings. The van der Waals surface area contributed by atoms with Crippen molar-refractivity contribution in [1.82, 2.24) is 0 Å². The number of carboxylic acid groups (broad SMARTS) is 1. The normalized spacial score (nSPS) is 31.8. The number of allylic oxidation sites excluding steroid dienone is 2. The summed E-state index contributed by atoms with van der Waals surface area (Å²) in [5.74, 6) is -0.201. The van der Waals surface area contributed by atoms with Gasteiger partial charge in [0.15, 0.2) is 0 Å². The van der Waals surface area contributed by atoms with Crippen LogP contribution in [-0.2, 0) is 4.79 Å². The molecule has 0 aromatic heterocycles. The van der Waals surface area contributed by atoms with E-state index < -0.39 is 44.2 Å². The molecule has 4 rings (SSSR count). The first-order valence-electron chi connectivity index (χ1n) is 13.5. The van der Waals surface area contributed by atoms with Crippen LogP contribution < -0.4 is 0 Å². The summed E-state index contributed by atoms with van der Waals surface area (Å²) in [6.45, 7) is 0.297. The Morgan fingerprint density at radius 1 is 0.806 bits per heavy atom. The molecule has 3 radical (unpaired) electrons. The Bertz CT molecular complexity index is 640. The second-order valence-electron chi connectivity index (χ2n) is 10.7. The van der Waals surface area contributed by atoms with Gasteiger partial charge < -0.3 is 15.9 Å². The van der Waals surface area contributed by atoms with E-state index in [2.05, 4.69) is 5.32 Å². The molecule has 0 bridgehead atoms. The van der Waals surface area contributed by atoms with Gasteiger partial charge in [0.05, 0.1) is 0 Å². The molecule has 0 aromatic carbocycles. The van der Waals surface area contributed by atoms with E-state index in [4.69, 9.17) is 5.11 Å². The van der Waals surface area contributed by atoms with Crippen molar-refractivity contribution in [3.63, 3.8) is 0 Å². The van der Waals surface area contributed by atoms with Crippen molar-refractivity contribution in [2.24, 2.45) is 17.8 Å². The fourth-order valence-corrected chi connectivity index (χ4v) is 17.8. The molecule has 0 amide bonds. The molecule has 0 aromatic rings. The second-order valence-corrected chi connectivity index (χ2v) is 18.5. The van der Waals surface area contributed by atoms with Crippen LogP contribution in [0.2, 0.25) is 13.3 Å². The van der Waals surface area contributed by atoms with Crippen LogP contribution in [0.1, 0.15) is 77.0 Å². The second kappa shape index (κ2) is 18.4. The van der Waals surface area contributed by atoms with E-state index in [9.17, 15) is 18.0 Å². The van der Waals surface area contributed by atoms with Crippen LogP contribution in [-0.4, -0.2) is 85.3 Å². The number of nitrogens with zero attached hydrogens (tertiary/aromatic N) is 1. The van der Waals surface area contributed by atoms with Crippen LogP contribution in [0.15, 0.2) is 23.9 Å². The Balaban J connectivity index is 0.000000502. The molecule has 3 fully saturated rings. The van der Waals surface area contributed by atoms with E-state index >= 15 is 0 Å². The molecule has 3 N–H and O–H groups in total. The predicted octanol–water partition coefficient (Wildman–Crippen LogP) is 6.49. The van der Waals surface area contributed by atoms with Crippen molar-refractivity contribution >= 4 is 49.6 Å². The Labute approximate surface area is 239 Å². The molecule has 3 saturated carbocycles. The van der Waals surface area contributed by atoms with Crippen molar-refractivity contribution in [2.45, 2.75) is 109 Å². The van der Waals surface area contributed by atoms with Gasteiger partial charge in [-0.05, 0) is 0 Å². The van der Waals surface area contributed by atoms with Gasteiger partial charge in [0.1, 0.15) is 0 Å². The minimum atomic E-state index is -1.96. The van der Waals surface area contributed by atoms with Crippen molar-refractivity contribution in [3.8, 4) is 0 Å². The molecule has 0 spiro atoms. The molecule has 4 nitrogen and oxygen atoms in total. The summed E-state index contributed by atoms with van der Waals surface area (Å²) >= 11 is -1.96.